The molecule has 0 unspecified atom stereocenters. The Morgan fingerprint density at radius 2 is 2.05 bits per heavy atom. The van der Waals surface area contributed by atoms with Gasteiger partial charge in [0, 0.05) is 9.32 Å². The van der Waals surface area contributed by atoms with Crippen LogP contribution in [0.25, 0.3) is 11.5 Å². The number of halogens is 4. The normalized spacial score (nSPS) is 11.9. The van der Waals surface area contributed by atoms with Crippen molar-refractivity contribution in [1.29, 1.82) is 0 Å². The minimum Gasteiger partial charge on any atom is -0.441 e. The topological polar surface area (TPSA) is 26.0 Å². The summed E-state index contributed by atoms with van der Waals surface area (Å²) in [6, 6.07) is 3.30. The highest BCUT2D eigenvalue weighted by molar-refractivity contribution is 14.1. The van der Waals surface area contributed by atoms with Crippen molar-refractivity contribution in [2.75, 3.05) is 0 Å². The number of hydrogen-bond acceptors (Lipinski definition) is 3. The maximum Gasteiger partial charge on any atom is 0.416 e. The Kier molecular flexibility index (Phi) is 4.14. The van der Waals surface area contributed by atoms with Gasteiger partial charge in [-0.2, -0.15) is 13.2 Å². The second-order valence-corrected chi connectivity index (χ2v) is 5.13. The van der Waals surface area contributed by atoms with E-state index in [-0.39, 0.29) is 4.90 Å². The molecule has 0 saturated heterocycles. The maximum atomic E-state index is 12.6. The molecule has 0 N–H and O–H groups in total. The van der Waals surface area contributed by atoms with E-state index in [1.54, 1.807) is 6.92 Å². The monoisotopic (exact) mass is 399 g/mol. The summed E-state index contributed by atoms with van der Waals surface area (Å²) in [5.74, 6) is 0.958. The molecule has 0 fully saturated rings. The number of benzene rings is 1. The molecule has 1 heterocycles. The third kappa shape index (κ3) is 3.07. The first-order chi connectivity index (χ1) is 8.82. The van der Waals surface area contributed by atoms with Crippen LogP contribution in [0, 0.1) is 6.92 Å². The standard InChI is InChI=1S/C12H9F3INOS/c1-6-9(5-16)17-11(18-6)8-3-2-7(4-10(8)19)12(13,14)15/h2-4,19H,5H2,1H3. The first kappa shape index (κ1) is 14.7. The van der Waals surface area contributed by atoms with Crippen molar-refractivity contribution >= 4 is 35.2 Å². The Hall–Kier alpha value is -0.700. The first-order valence-electron chi connectivity index (χ1n) is 5.25. The molecule has 2 rings (SSSR count). The lowest BCUT2D eigenvalue weighted by atomic mass is 10.1. The Balaban J connectivity index is 2.46. The lowest BCUT2D eigenvalue weighted by Gasteiger charge is -2.08. The summed E-state index contributed by atoms with van der Waals surface area (Å²) in [6.45, 7) is 1.77. The van der Waals surface area contributed by atoms with E-state index in [9.17, 15) is 13.2 Å². The summed E-state index contributed by atoms with van der Waals surface area (Å²) in [5, 5.41) is 0. The van der Waals surface area contributed by atoms with Crippen LogP contribution in [0.15, 0.2) is 27.5 Å². The van der Waals surface area contributed by atoms with E-state index in [4.69, 9.17) is 4.42 Å². The highest BCUT2D eigenvalue weighted by Crippen LogP contribution is 2.35. The van der Waals surface area contributed by atoms with Crippen molar-refractivity contribution < 1.29 is 17.6 Å². The molecule has 0 aliphatic heterocycles. The molecule has 19 heavy (non-hydrogen) atoms. The minimum atomic E-state index is -4.38. The summed E-state index contributed by atoms with van der Waals surface area (Å²) in [7, 11) is 0. The van der Waals surface area contributed by atoms with Gasteiger partial charge < -0.3 is 4.42 Å². The molecule has 0 bridgehead atoms. The number of alkyl halides is 4. The number of hydrogen-bond donors (Lipinski definition) is 1. The Morgan fingerprint density at radius 3 is 2.53 bits per heavy atom. The summed E-state index contributed by atoms with van der Waals surface area (Å²) in [6.07, 6.45) is -4.38. The van der Waals surface area contributed by atoms with Crippen molar-refractivity contribution in [3.05, 3.63) is 35.2 Å². The zero-order valence-electron chi connectivity index (χ0n) is 9.75. The van der Waals surface area contributed by atoms with Gasteiger partial charge in [-0.3, -0.25) is 0 Å². The number of rotatable bonds is 2. The molecule has 0 atom stereocenters. The molecule has 102 valence electrons. The second-order valence-electron chi connectivity index (χ2n) is 3.89. The average Bonchev–Trinajstić information content (AvgIpc) is 2.69. The van der Waals surface area contributed by atoms with Crippen LogP contribution in [0.5, 0.6) is 0 Å². The van der Waals surface area contributed by atoms with Crippen LogP contribution in [0.1, 0.15) is 17.0 Å². The number of thiol groups is 1. The third-order valence-corrected chi connectivity index (χ3v) is 3.67. The van der Waals surface area contributed by atoms with Gasteiger partial charge in [-0.15, -0.1) is 12.6 Å². The van der Waals surface area contributed by atoms with Crippen LogP contribution in [0.3, 0.4) is 0 Å². The molecule has 0 radical (unpaired) electrons. The lowest BCUT2D eigenvalue weighted by molar-refractivity contribution is -0.137. The zero-order valence-corrected chi connectivity index (χ0v) is 12.8. The lowest BCUT2D eigenvalue weighted by Crippen LogP contribution is -2.04. The predicted molar refractivity (Wildman–Crippen MR) is 76.7 cm³/mol. The first-order valence-corrected chi connectivity index (χ1v) is 7.23. The van der Waals surface area contributed by atoms with Gasteiger partial charge >= 0.3 is 6.18 Å². The highest BCUT2D eigenvalue weighted by Gasteiger charge is 2.31. The quantitative estimate of drug-likeness (QED) is 0.442. The number of aromatic nitrogens is 1. The molecule has 1 aromatic heterocycles. The molecule has 0 amide bonds. The molecule has 0 aliphatic rings. The van der Waals surface area contributed by atoms with Gasteiger partial charge in [0.2, 0.25) is 5.89 Å². The molecular weight excluding hydrogens is 390 g/mol. The number of nitrogens with zero attached hydrogens (tertiary/aromatic N) is 1. The van der Waals surface area contributed by atoms with E-state index >= 15 is 0 Å². The molecule has 0 aliphatic carbocycles. The van der Waals surface area contributed by atoms with Crippen molar-refractivity contribution in [2.45, 2.75) is 22.4 Å². The zero-order chi connectivity index (χ0) is 14.2. The van der Waals surface area contributed by atoms with Crippen molar-refractivity contribution in [3.8, 4) is 11.5 Å². The fourth-order valence-corrected chi connectivity index (χ4v) is 2.57. The average molecular weight is 399 g/mol. The van der Waals surface area contributed by atoms with Crippen LogP contribution in [-0.4, -0.2) is 4.98 Å². The molecule has 2 aromatic rings. The summed E-state index contributed by atoms with van der Waals surface area (Å²) >= 11 is 6.23. The minimum absolute atomic E-state index is 0.191. The van der Waals surface area contributed by atoms with Gasteiger partial charge in [-0.05, 0) is 25.1 Å². The van der Waals surface area contributed by atoms with Crippen LogP contribution >= 0.6 is 35.2 Å². The van der Waals surface area contributed by atoms with Crippen LogP contribution in [0.4, 0.5) is 13.2 Å². The molecule has 7 heteroatoms. The fourth-order valence-electron chi connectivity index (χ4n) is 1.56. The third-order valence-electron chi connectivity index (χ3n) is 2.57. The van der Waals surface area contributed by atoms with E-state index in [2.05, 4.69) is 40.2 Å². The highest BCUT2D eigenvalue weighted by atomic mass is 127. The molecule has 0 saturated carbocycles. The van der Waals surface area contributed by atoms with E-state index in [1.807, 2.05) is 0 Å². The van der Waals surface area contributed by atoms with Crippen LogP contribution in [-0.2, 0) is 10.6 Å². The van der Waals surface area contributed by atoms with Crippen molar-refractivity contribution in [3.63, 3.8) is 0 Å². The largest absolute Gasteiger partial charge is 0.441 e. The van der Waals surface area contributed by atoms with E-state index < -0.39 is 11.7 Å². The van der Waals surface area contributed by atoms with Crippen molar-refractivity contribution in [1.82, 2.24) is 4.98 Å². The van der Waals surface area contributed by atoms with Gasteiger partial charge in [0.15, 0.2) is 0 Å². The maximum absolute atomic E-state index is 12.6. The van der Waals surface area contributed by atoms with E-state index in [1.165, 1.54) is 6.07 Å². The van der Waals surface area contributed by atoms with Gasteiger partial charge in [0.05, 0.1) is 16.8 Å². The van der Waals surface area contributed by atoms with Crippen LogP contribution < -0.4 is 0 Å². The van der Waals surface area contributed by atoms with E-state index in [0.717, 1.165) is 17.8 Å². The Morgan fingerprint density at radius 1 is 1.37 bits per heavy atom. The molecule has 2 nitrogen and oxygen atoms in total. The van der Waals surface area contributed by atoms with E-state index in [0.29, 0.717) is 21.6 Å². The van der Waals surface area contributed by atoms with Gasteiger partial charge in [-0.25, -0.2) is 4.98 Å². The summed E-state index contributed by atoms with van der Waals surface area (Å²) < 4.78 is 43.8. The Bertz CT molecular complexity index is 610. The number of aryl methyl sites for hydroxylation is 1. The smallest absolute Gasteiger partial charge is 0.416 e. The SMILES string of the molecule is Cc1oc(-c2ccc(C(F)(F)F)cc2S)nc1CI. The van der Waals surface area contributed by atoms with Gasteiger partial charge in [0.1, 0.15) is 5.76 Å². The fraction of sp³-hybridized carbons (Fsp3) is 0.250. The predicted octanol–water partition coefficient (Wildman–Crippen LogP) is 4.89. The van der Waals surface area contributed by atoms with Crippen LogP contribution in [0.2, 0.25) is 0 Å². The summed E-state index contributed by atoms with van der Waals surface area (Å²) in [4.78, 5) is 4.44. The molecule has 0 spiro atoms. The molecule has 1 aromatic carbocycles. The summed E-state index contributed by atoms with van der Waals surface area (Å²) in [5.41, 5.74) is 0.498. The van der Waals surface area contributed by atoms with Crippen molar-refractivity contribution in [2.24, 2.45) is 0 Å². The molecular formula is C12H9F3INOS. The number of oxazole rings is 1. The second kappa shape index (κ2) is 5.35. The van der Waals surface area contributed by atoms with Gasteiger partial charge in [-0.1, -0.05) is 22.6 Å². The Labute approximate surface area is 127 Å². The van der Waals surface area contributed by atoms with Gasteiger partial charge in [0.25, 0.3) is 0 Å².